The zero-order valence-corrected chi connectivity index (χ0v) is 7.02. The fourth-order valence-corrected chi connectivity index (χ4v) is 1.54. The predicted molar refractivity (Wildman–Crippen MR) is 44.4 cm³/mol. The SMILES string of the molecule is CNC(=O)NCC1CCCC1. The fraction of sp³-hybridized carbons (Fsp3) is 0.875. The van der Waals surface area contributed by atoms with Crippen LogP contribution >= 0.6 is 0 Å². The van der Waals surface area contributed by atoms with Crippen molar-refractivity contribution in [2.45, 2.75) is 25.7 Å². The molecule has 3 heteroatoms. The summed E-state index contributed by atoms with van der Waals surface area (Å²) in [5, 5.41) is 5.36. The summed E-state index contributed by atoms with van der Waals surface area (Å²) in [4.78, 5) is 10.7. The molecule has 3 nitrogen and oxygen atoms in total. The maximum absolute atomic E-state index is 10.7. The van der Waals surface area contributed by atoms with Gasteiger partial charge in [-0.1, -0.05) is 12.8 Å². The van der Waals surface area contributed by atoms with Crippen molar-refractivity contribution in [2.24, 2.45) is 5.92 Å². The van der Waals surface area contributed by atoms with Crippen molar-refractivity contribution >= 4 is 6.03 Å². The molecule has 1 rings (SSSR count). The highest BCUT2D eigenvalue weighted by atomic mass is 16.2. The second kappa shape index (κ2) is 4.21. The van der Waals surface area contributed by atoms with Crippen LogP contribution in [-0.2, 0) is 0 Å². The van der Waals surface area contributed by atoms with Crippen LogP contribution in [0.4, 0.5) is 4.79 Å². The van der Waals surface area contributed by atoms with Crippen LogP contribution in [0.3, 0.4) is 0 Å². The predicted octanol–water partition coefficient (Wildman–Crippen LogP) is 1.11. The number of carbonyl (C=O) groups is 1. The van der Waals surface area contributed by atoms with E-state index in [1.54, 1.807) is 7.05 Å². The van der Waals surface area contributed by atoms with Gasteiger partial charge < -0.3 is 10.6 Å². The third-order valence-electron chi connectivity index (χ3n) is 2.25. The minimum absolute atomic E-state index is 0.0584. The van der Waals surface area contributed by atoms with Gasteiger partial charge in [0.2, 0.25) is 0 Å². The van der Waals surface area contributed by atoms with E-state index in [0.29, 0.717) is 0 Å². The van der Waals surface area contributed by atoms with Gasteiger partial charge in [0.25, 0.3) is 0 Å². The quantitative estimate of drug-likeness (QED) is 0.617. The molecule has 1 aliphatic rings. The van der Waals surface area contributed by atoms with E-state index >= 15 is 0 Å². The average Bonchev–Trinajstić information content (AvgIpc) is 2.52. The van der Waals surface area contributed by atoms with Crippen LogP contribution in [0.5, 0.6) is 0 Å². The lowest BCUT2D eigenvalue weighted by molar-refractivity contribution is 0.241. The molecular formula is C8H16N2O. The normalized spacial score (nSPS) is 18.3. The van der Waals surface area contributed by atoms with Crippen molar-refractivity contribution in [3.05, 3.63) is 0 Å². The van der Waals surface area contributed by atoms with Gasteiger partial charge in [-0.3, -0.25) is 0 Å². The number of nitrogens with one attached hydrogen (secondary N) is 2. The highest BCUT2D eigenvalue weighted by Gasteiger charge is 2.14. The Balaban J connectivity index is 2.06. The summed E-state index contributed by atoms with van der Waals surface area (Å²) >= 11 is 0. The number of amides is 2. The van der Waals surface area contributed by atoms with Crippen LogP contribution in [0.1, 0.15) is 25.7 Å². The fourth-order valence-electron chi connectivity index (χ4n) is 1.54. The first kappa shape index (κ1) is 8.37. The zero-order valence-electron chi connectivity index (χ0n) is 7.02. The van der Waals surface area contributed by atoms with Crippen molar-refractivity contribution < 1.29 is 4.79 Å². The highest BCUT2D eigenvalue weighted by molar-refractivity contribution is 5.73. The van der Waals surface area contributed by atoms with E-state index in [9.17, 15) is 4.79 Å². The van der Waals surface area contributed by atoms with Crippen LogP contribution in [0, 0.1) is 5.92 Å². The lowest BCUT2D eigenvalue weighted by Crippen LogP contribution is -2.35. The minimum atomic E-state index is -0.0584. The van der Waals surface area contributed by atoms with Crippen molar-refractivity contribution in [1.29, 1.82) is 0 Å². The van der Waals surface area contributed by atoms with E-state index in [2.05, 4.69) is 10.6 Å². The summed E-state index contributed by atoms with van der Waals surface area (Å²) in [6.45, 7) is 0.847. The van der Waals surface area contributed by atoms with E-state index < -0.39 is 0 Å². The van der Waals surface area contributed by atoms with E-state index in [0.717, 1.165) is 12.5 Å². The first-order chi connectivity index (χ1) is 5.33. The van der Waals surface area contributed by atoms with Crippen LogP contribution < -0.4 is 10.6 Å². The summed E-state index contributed by atoms with van der Waals surface area (Å²) in [5.74, 6) is 0.729. The topological polar surface area (TPSA) is 41.1 Å². The molecule has 2 N–H and O–H groups in total. The van der Waals surface area contributed by atoms with E-state index in [-0.39, 0.29) is 6.03 Å². The second-order valence-electron chi connectivity index (χ2n) is 3.11. The second-order valence-corrected chi connectivity index (χ2v) is 3.11. The molecule has 0 atom stereocenters. The first-order valence-corrected chi connectivity index (χ1v) is 4.28. The highest BCUT2D eigenvalue weighted by Crippen LogP contribution is 2.23. The van der Waals surface area contributed by atoms with Gasteiger partial charge >= 0.3 is 6.03 Å². The summed E-state index contributed by atoms with van der Waals surface area (Å²) in [5.41, 5.74) is 0. The van der Waals surface area contributed by atoms with Crippen LogP contribution in [-0.4, -0.2) is 19.6 Å². The molecule has 0 heterocycles. The van der Waals surface area contributed by atoms with Crippen LogP contribution in [0.2, 0.25) is 0 Å². The molecule has 0 aromatic carbocycles. The molecule has 0 aromatic rings. The molecule has 11 heavy (non-hydrogen) atoms. The van der Waals surface area contributed by atoms with Gasteiger partial charge in [0.15, 0.2) is 0 Å². The number of urea groups is 1. The molecule has 0 aliphatic heterocycles. The smallest absolute Gasteiger partial charge is 0.314 e. The summed E-state index contributed by atoms with van der Waals surface area (Å²) in [6.07, 6.45) is 5.23. The van der Waals surface area contributed by atoms with Crippen LogP contribution in [0.25, 0.3) is 0 Å². The molecule has 2 amide bonds. The number of hydrogen-bond acceptors (Lipinski definition) is 1. The van der Waals surface area contributed by atoms with Crippen molar-refractivity contribution in [3.63, 3.8) is 0 Å². The Kier molecular flexibility index (Phi) is 3.20. The largest absolute Gasteiger partial charge is 0.341 e. The van der Waals surface area contributed by atoms with Gasteiger partial charge in [0, 0.05) is 13.6 Å². The number of rotatable bonds is 2. The Morgan fingerprint density at radius 2 is 2.09 bits per heavy atom. The maximum atomic E-state index is 10.7. The van der Waals surface area contributed by atoms with Crippen molar-refractivity contribution in [2.75, 3.05) is 13.6 Å². The average molecular weight is 156 g/mol. The molecule has 0 radical (unpaired) electrons. The molecule has 0 unspecified atom stereocenters. The van der Waals surface area contributed by atoms with Crippen molar-refractivity contribution in [3.8, 4) is 0 Å². The molecule has 1 fully saturated rings. The van der Waals surface area contributed by atoms with Gasteiger partial charge in [0.1, 0.15) is 0 Å². The molecular weight excluding hydrogens is 140 g/mol. The van der Waals surface area contributed by atoms with E-state index in [1.807, 2.05) is 0 Å². The minimum Gasteiger partial charge on any atom is -0.341 e. The molecule has 64 valence electrons. The monoisotopic (exact) mass is 156 g/mol. The molecule has 1 saturated carbocycles. The molecule has 0 bridgehead atoms. The van der Waals surface area contributed by atoms with E-state index in [4.69, 9.17) is 0 Å². The van der Waals surface area contributed by atoms with Gasteiger partial charge in [-0.2, -0.15) is 0 Å². The third kappa shape index (κ3) is 2.78. The zero-order chi connectivity index (χ0) is 8.10. The summed E-state index contributed by atoms with van der Waals surface area (Å²) < 4.78 is 0. The van der Waals surface area contributed by atoms with E-state index in [1.165, 1.54) is 25.7 Å². The standard InChI is InChI=1S/C8H16N2O/c1-9-8(11)10-6-7-4-2-3-5-7/h7H,2-6H2,1H3,(H2,9,10,11). The Bertz CT molecular complexity index is 130. The summed E-state index contributed by atoms with van der Waals surface area (Å²) in [7, 11) is 1.64. The van der Waals surface area contributed by atoms with Crippen LogP contribution in [0.15, 0.2) is 0 Å². The van der Waals surface area contributed by atoms with Crippen molar-refractivity contribution in [1.82, 2.24) is 10.6 Å². The maximum Gasteiger partial charge on any atom is 0.314 e. The molecule has 0 spiro atoms. The molecule has 0 aromatic heterocycles. The third-order valence-corrected chi connectivity index (χ3v) is 2.25. The number of hydrogen-bond donors (Lipinski definition) is 2. The Hall–Kier alpha value is -0.730. The molecule has 1 aliphatic carbocycles. The summed E-state index contributed by atoms with van der Waals surface area (Å²) in [6, 6.07) is -0.0584. The first-order valence-electron chi connectivity index (χ1n) is 4.28. The Morgan fingerprint density at radius 3 is 2.64 bits per heavy atom. The Labute approximate surface area is 67.5 Å². The van der Waals surface area contributed by atoms with Gasteiger partial charge in [-0.25, -0.2) is 4.79 Å². The lowest BCUT2D eigenvalue weighted by atomic mass is 10.1. The van der Waals surface area contributed by atoms with Gasteiger partial charge in [-0.05, 0) is 18.8 Å². The lowest BCUT2D eigenvalue weighted by Gasteiger charge is -2.09. The number of carbonyl (C=O) groups excluding carboxylic acids is 1. The van der Waals surface area contributed by atoms with Gasteiger partial charge in [-0.15, -0.1) is 0 Å². The van der Waals surface area contributed by atoms with Gasteiger partial charge in [0.05, 0.1) is 0 Å². The Morgan fingerprint density at radius 1 is 1.45 bits per heavy atom. The molecule has 0 saturated heterocycles.